The maximum Gasteiger partial charge on any atom is 0.0527 e. The van der Waals surface area contributed by atoms with Gasteiger partial charge in [0.05, 0.1) is 6.10 Å². The molecule has 0 amide bonds. The Morgan fingerprint density at radius 3 is 2.00 bits per heavy atom. The fourth-order valence-corrected chi connectivity index (χ4v) is 1.60. The van der Waals surface area contributed by atoms with Crippen LogP contribution >= 0.6 is 0 Å². The molecule has 0 spiro atoms. The van der Waals surface area contributed by atoms with Gasteiger partial charge in [-0.2, -0.15) is 0 Å². The van der Waals surface area contributed by atoms with Crippen LogP contribution in [0.1, 0.15) is 27.2 Å². The fraction of sp³-hybridized carbons (Fsp3) is 1.00. The number of aliphatic hydroxyl groups excluding tert-OH is 1. The molecule has 3 heteroatoms. The second-order valence-electron chi connectivity index (χ2n) is 3.54. The van der Waals surface area contributed by atoms with E-state index in [-0.39, 0.29) is 6.10 Å². The molecule has 0 aromatic heterocycles. The van der Waals surface area contributed by atoms with Gasteiger partial charge in [0.15, 0.2) is 0 Å². The summed E-state index contributed by atoms with van der Waals surface area (Å²) < 4.78 is 0. The standard InChI is InChI=1S/C9H22N2O/c1-6-11(10(4)5)8(2)7-9(3)12/h8-9,12H,6-7H2,1-5H3. The molecular weight excluding hydrogens is 152 g/mol. The largest absolute Gasteiger partial charge is 0.393 e. The molecule has 0 radical (unpaired) electrons. The summed E-state index contributed by atoms with van der Waals surface area (Å²) in [5, 5.41) is 13.5. The fourth-order valence-electron chi connectivity index (χ4n) is 1.60. The Labute approximate surface area is 75.9 Å². The van der Waals surface area contributed by atoms with Gasteiger partial charge in [-0.3, -0.25) is 0 Å². The molecule has 3 nitrogen and oxygen atoms in total. The van der Waals surface area contributed by atoms with Gasteiger partial charge in [-0.25, -0.2) is 10.0 Å². The molecule has 0 aromatic rings. The molecule has 0 aromatic carbocycles. The zero-order valence-corrected chi connectivity index (χ0v) is 8.91. The number of hydrogen-bond donors (Lipinski definition) is 1. The first-order valence-electron chi connectivity index (χ1n) is 4.61. The number of hydrazine groups is 1. The average Bonchev–Trinajstić information content (AvgIpc) is 1.85. The zero-order chi connectivity index (χ0) is 9.72. The van der Waals surface area contributed by atoms with Crippen LogP contribution in [0.3, 0.4) is 0 Å². The third-order valence-corrected chi connectivity index (χ3v) is 2.03. The molecule has 2 unspecified atom stereocenters. The lowest BCUT2D eigenvalue weighted by Crippen LogP contribution is -2.44. The van der Waals surface area contributed by atoms with Crippen molar-refractivity contribution in [1.82, 2.24) is 10.0 Å². The van der Waals surface area contributed by atoms with Crippen molar-refractivity contribution >= 4 is 0 Å². The first-order valence-corrected chi connectivity index (χ1v) is 4.61. The molecule has 0 saturated heterocycles. The van der Waals surface area contributed by atoms with Crippen molar-refractivity contribution in [2.24, 2.45) is 0 Å². The van der Waals surface area contributed by atoms with Crippen molar-refractivity contribution in [3.63, 3.8) is 0 Å². The van der Waals surface area contributed by atoms with E-state index in [0.717, 1.165) is 13.0 Å². The maximum absolute atomic E-state index is 9.20. The minimum absolute atomic E-state index is 0.214. The second-order valence-corrected chi connectivity index (χ2v) is 3.54. The highest BCUT2D eigenvalue weighted by Gasteiger charge is 2.15. The van der Waals surface area contributed by atoms with Gasteiger partial charge in [0.1, 0.15) is 0 Å². The van der Waals surface area contributed by atoms with Crippen LogP contribution < -0.4 is 0 Å². The second kappa shape index (κ2) is 5.51. The molecular formula is C9H22N2O. The summed E-state index contributed by atoms with van der Waals surface area (Å²) in [7, 11) is 4.06. The van der Waals surface area contributed by atoms with Crippen LogP contribution in [0.25, 0.3) is 0 Å². The Morgan fingerprint density at radius 1 is 1.25 bits per heavy atom. The number of nitrogens with zero attached hydrogens (tertiary/aromatic N) is 2. The molecule has 0 heterocycles. The van der Waals surface area contributed by atoms with E-state index in [0.29, 0.717) is 6.04 Å². The van der Waals surface area contributed by atoms with Gasteiger partial charge in [-0.05, 0) is 20.3 Å². The van der Waals surface area contributed by atoms with E-state index in [4.69, 9.17) is 0 Å². The third kappa shape index (κ3) is 4.04. The molecule has 0 aliphatic carbocycles. The van der Waals surface area contributed by atoms with E-state index in [9.17, 15) is 5.11 Å². The highest BCUT2D eigenvalue weighted by atomic mass is 16.3. The molecule has 0 saturated carbocycles. The van der Waals surface area contributed by atoms with Gasteiger partial charge >= 0.3 is 0 Å². The smallest absolute Gasteiger partial charge is 0.0527 e. The lowest BCUT2D eigenvalue weighted by atomic mass is 10.1. The van der Waals surface area contributed by atoms with Crippen molar-refractivity contribution in [3.05, 3.63) is 0 Å². The Morgan fingerprint density at radius 2 is 1.75 bits per heavy atom. The summed E-state index contributed by atoms with van der Waals surface area (Å²) >= 11 is 0. The van der Waals surface area contributed by atoms with E-state index in [1.54, 1.807) is 0 Å². The molecule has 12 heavy (non-hydrogen) atoms. The Hall–Kier alpha value is -0.120. The van der Waals surface area contributed by atoms with Crippen LogP contribution in [0.5, 0.6) is 0 Å². The summed E-state index contributed by atoms with van der Waals surface area (Å²) in [6, 6.07) is 0.407. The minimum Gasteiger partial charge on any atom is -0.393 e. The summed E-state index contributed by atoms with van der Waals surface area (Å²) in [6.45, 7) is 7.08. The van der Waals surface area contributed by atoms with Crippen molar-refractivity contribution < 1.29 is 5.11 Å². The van der Waals surface area contributed by atoms with Gasteiger partial charge < -0.3 is 5.11 Å². The monoisotopic (exact) mass is 174 g/mol. The summed E-state index contributed by atoms with van der Waals surface area (Å²) in [5.74, 6) is 0. The van der Waals surface area contributed by atoms with Crippen molar-refractivity contribution in [2.75, 3.05) is 20.6 Å². The normalized spacial score (nSPS) is 17.0. The van der Waals surface area contributed by atoms with Crippen molar-refractivity contribution in [1.29, 1.82) is 0 Å². The predicted molar refractivity (Wildman–Crippen MR) is 51.8 cm³/mol. The molecule has 1 N–H and O–H groups in total. The molecule has 2 atom stereocenters. The maximum atomic E-state index is 9.20. The predicted octanol–water partition coefficient (Wildman–Crippen LogP) is 0.944. The van der Waals surface area contributed by atoms with Gasteiger partial charge in [0.2, 0.25) is 0 Å². The Bertz CT molecular complexity index is 115. The van der Waals surface area contributed by atoms with Crippen LogP contribution in [-0.2, 0) is 0 Å². The lowest BCUT2D eigenvalue weighted by Gasteiger charge is -2.34. The van der Waals surface area contributed by atoms with Crippen molar-refractivity contribution in [2.45, 2.75) is 39.3 Å². The zero-order valence-electron chi connectivity index (χ0n) is 8.91. The minimum atomic E-state index is -0.214. The van der Waals surface area contributed by atoms with Crippen LogP contribution in [0.2, 0.25) is 0 Å². The third-order valence-electron chi connectivity index (χ3n) is 2.03. The molecule has 0 aliphatic rings. The van der Waals surface area contributed by atoms with E-state index in [1.807, 2.05) is 21.0 Å². The van der Waals surface area contributed by atoms with Gasteiger partial charge in [-0.1, -0.05) is 6.92 Å². The number of hydrogen-bond acceptors (Lipinski definition) is 3. The molecule has 0 bridgehead atoms. The van der Waals surface area contributed by atoms with Gasteiger partial charge in [-0.15, -0.1) is 0 Å². The summed E-state index contributed by atoms with van der Waals surface area (Å²) in [4.78, 5) is 0. The average molecular weight is 174 g/mol. The van der Waals surface area contributed by atoms with Crippen LogP contribution in [0.4, 0.5) is 0 Å². The molecule has 74 valence electrons. The summed E-state index contributed by atoms with van der Waals surface area (Å²) in [5.41, 5.74) is 0. The summed E-state index contributed by atoms with van der Waals surface area (Å²) in [6.07, 6.45) is 0.612. The molecule has 0 rings (SSSR count). The molecule has 0 fully saturated rings. The highest BCUT2D eigenvalue weighted by Crippen LogP contribution is 2.07. The highest BCUT2D eigenvalue weighted by molar-refractivity contribution is 4.64. The lowest BCUT2D eigenvalue weighted by molar-refractivity contribution is -0.0224. The Balaban J connectivity index is 3.94. The first-order chi connectivity index (χ1) is 5.49. The van der Waals surface area contributed by atoms with Gasteiger partial charge in [0, 0.05) is 26.7 Å². The van der Waals surface area contributed by atoms with Gasteiger partial charge in [0.25, 0.3) is 0 Å². The SMILES string of the molecule is CCN(C(C)CC(C)O)N(C)C. The number of rotatable bonds is 5. The van der Waals surface area contributed by atoms with E-state index in [1.165, 1.54) is 0 Å². The topological polar surface area (TPSA) is 26.7 Å². The van der Waals surface area contributed by atoms with Crippen LogP contribution in [0, 0.1) is 0 Å². The van der Waals surface area contributed by atoms with E-state index in [2.05, 4.69) is 23.9 Å². The van der Waals surface area contributed by atoms with E-state index >= 15 is 0 Å². The van der Waals surface area contributed by atoms with Crippen LogP contribution in [-0.4, -0.2) is 47.9 Å². The Kier molecular flexibility index (Phi) is 5.46. The van der Waals surface area contributed by atoms with Crippen LogP contribution in [0.15, 0.2) is 0 Å². The number of aliphatic hydroxyl groups is 1. The van der Waals surface area contributed by atoms with Crippen molar-refractivity contribution in [3.8, 4) is 0 Å². The molecule has 0 aliphatic heterocycles. The first kappa shape index (κ1) is 11.9. The quantitative estimate of drug-likeness (QED) is 0.628. The van der Waals surface area contributed by atoms with E-state index < -0.39 is 0 Å².